The molecule has 0 saturated carbocycles. The molecule has 2 aromatic rings. The van der Waals surface area contributed by atoms with Gasteiger partial charge in [-0.1, -0.05) is 17.7 Å². The third kappa shape index (κ3) is 5.76. The second kappa shape index (κ2) is 9.98. The minimum Gasteiger partial charge on any atom is -0.326 e. The van der Waals surface area contributed by atoms with E-state index in [0.29, 0.717) is 48.9 Å². The molecule has 0 spiro atoms. The van der Waals surface area contributed by atoms with Gasteiger partial charge in [0.15, 0.2) is 0 Å². The number of piperazine rings is 1. The van der Waals surface area contributed by atoms with E-state index in [4.69, 9.17) is 0 Å². The molecule has 9 nitrogen and oxygen atoms in total. The molecule has 1 aliphatic rings. The number of rotatable bonds is 7. The van der Waals surface area contributed by atoms with Gasteiger partial charge < -0.3 is 10.2 Å². The van der Waals surface area contributed by atoms with E-state index in [2.05, 4.69) is 10.2 Å². The van der Waals surface area contributed by atoms with E-state index in [1.807, 2.05) is 32.9 Å². The van der Waals surface area contributed by atoms with Gasteiger partial charge in [-0.25, -0.2) is 8.42 Å². The van der Waals surface area contributed by atoms with Gasteiger partial charge in [-0.3, -0.25) is 14.9 Å². The summed E-state index contributed by atoms with van der Waals surface area (Å²) in [4.78, 5) is 25.2. The highest BCUT2D eigenvalue weighted by molar-refractivity contribution is 7.89. The number of non-ortho nitro benzene ring substituents is 1. The van der Waals surface area contributed by atoms with Gasteiger partial charge in [0.25, 0.3) is 5.69 Å². The number of amides is 1. The molecule has 0 bridgehead atoms. The van der Waals surface area contributed by atoms with Crippen molar-refractivity contribution in [1.82, 2.24) is 9.21 Å². The fourth-order valence-electron chi connectivity index (χ4n) is 4.27. The molecule has 1 fully saturated rings. The number of carbonyl (C=O) groups excluding carboxylic acids is 1. The molecular formula is C23H30N4O5S. The van der Waals surface area contributed by atoms with Crippen molar-refractivity contribution < 1.29 is 18.1 Å². The van der Waals surface area contributed by atoms with Crippen LogP contribution < -0.4 is 5.32 Å². The Balaban J connectivity index is 1.54. The van der Waals surface area contributed by atoms with Gasteiger partial charge in [0.1, 0.15) is 0 Å². The number of nitrogens with zero attached hydrogens (tertiary/aromatic N) is 3. The molecule has 1 aliphatic heterocycles. The molecule has 3 rings (SSSR count). The Morgan fingerprint density at radius 2 is 1.61 bits per heavy atom. The SMILES string of the molecule is Cc1cc(C)c(S(=O)(=O)N2CCN(CCC(=O)Nc3ccc([N+](=O)[O-])cc3C)CC2)c(C)c1. The highest BCUT2D eigenvalue weighted by atomic mass is 32.2. The van der Waals surface area contributed by atoms with Crippen LogP contribution in [0, 0.1) is 37.8 Å². The lowest BCUT2D eigenvalue weighted by molar-refractivity contribution is -0.384. The number of benzene rings is 2. The minimum absolute atomic E-state index is 0.0191. The first-order chi connectivity index (χ1) is 15.5. The molecule has 33 heavy (non-hydrogen) atoms. The summed E-state index contributed by atoms with van der Waals surface area (Å²) in [5, 5.41) is 13.6. The average molecular weight is 475 g/mol. The van der Waals surface area contributed by atoms with Crippen molar-refractivity contribution in [2.45, 2.75) is 39.0 Å². The molecule has 178 valence electrons. The van der Waals surface area contributed by atoms with Crippen LogP contribution in [0.4, 0.5) is 11.4 Å². The predicted octanol–water partition coefficient (Wildman–Crippen LogP) is 3.16. The van der Waals surface area contributed by atoms with E-state index in [1.165, 1.54) is 22.5 Å². The van der Waals surface area contributed by atoms with Crippen molar-refractivity contribution in [3.05, 3.63) is 62.7 Å². The average Bonchev–Trinajstić information content (AvgIpc) is 2.73. The van der Waals surface area contributed by atoms with Gasteiger partial charge in [0.2, 0.25) is 15.9 Å². The van der Waals surface area contributed by atoms with Crippen molar-refractivity contribution in [2.75, 3.05) is 38.0 Å². The monoisotopic (exact) mass is 474 g/mol. The summed E-state index contributed by atoms with van der Waals surface area (Å²) in [6, 6.07) is 8.10. The topological polar surface area (TPSA) is 113 Å². The first kappa shape index (κ1) is 24.8. The van der Waals surface area contributed by atoms with Gasteiger partial charge in [0.05, 0.1) is 9.82 Å². The number of hydrogen-bond acceptors (Lipinski definition) is 6. The lowest BCUT2D eigenvalue weighted by atomic mass is 10.1. The molecule has 1 heterocycles. The van der Waals surface area contributed by atoms with E-state index in [0.717, 1.165) is 16.7 Å². The zero-order valence-electron chi connectivity index (χ0n) is 19.4. The van der Waals surface area contributed by atoms with Gasteiger partial charge in [-0.2, -0.15) is 4.31 Å². The van der Waals surface area contributed by atoms with Gasteiger partial charge in [-0.05, 0) is 50.5 Å². The first-order valence-electron chi connectivity index (χ1n) is 10.8. The normalized spacial score (nSPS) is 15.4. The van der Waals surface area contributed by atoms with Crippen molar-refractivity contribution in [2.24, 2.45) is 0 Å². The Morgan fingerprint density at radius 1 is 1.00 bits per heavy atom. The Bertz CT molecular complexity index is 1150. The summed E-state index contributed by atoms with van der Waals surface area (Å²) >= 11 is 0. The van der Waals surface area contributed by atoms with Crippen LogP contribution in [-0.2, 0) is 14.8 Å². The van der Waals surface area contributed by atoms with Gasteiger partial charge in [-0.15, -0.1) is 0 Å². The van der Waals surface area contributed by atoms with Crippen LogP contribution in [-0.4, -0.2) is 61.2 Å². The van der Waals surface area contributed by atoms with Crippen molar-refractivity contribution >= 4 is 27.3 Å². The van der Waals surface area contributed by atoms with Crippen LogP contribution in [0.3, 0.4) is 0 Å². The summed E-state index contributed by atoms with van der Waals surface area (Å²) in [5.41, 5.74) is 3.70. The van der Waals surface area contributed by atoms with Crippen molar-refractivity contribution in [3.63, 3.8) is 0 Å². The highest BCUT2D eigenvalue weighted by Gasteiger charge is 2.31. The molecule has 1 amide bonds. The van der Waals surface area contributed by atoms with Crippen molar-refractivity contribution in [1.29, 1.82) is 0 Å². The second-order valence-electron chi connectivity index (χ2n) is 8.53. The lowest BCUT2D eigenvalue weighted by Crippen LogP contribution is -2.49. The molecule has 0 radical (unpaired) electrons. The number of nitrogens with one attached hydrogen (secondary N) is 1. The Kier molecular flexibility index (Phi) is 7.51. The highest BCUT2D eigenvalue weighted by Crippen LogP contribution is 2.26. The molecule has 0 unspecified atom stereocenters. The minimum atomic E-state index is -3.57. The maximum absolute atomic E-state index is 13.2. The number of hydrogen-bond donors (Lipinski definition) is 1. The number of nitro benzene ring substituents is 1. The first-order valence-corrected chi connectivity index (χ1v) is 12.3. The summed E-state index contributed by atoms with van der Waals surface area (Å²) in [6.07, 6.45) is 0.249. The maximum atomic E-state index is 13.2. The van der Waals surface area contributed by atoms with Crippen molar-refractivity contribution in [3.8, 4) is 0 Å². The smallest absolute Gasteiger partial charge is 0.269 e. The Labute approximate surface area is 194 Å². The Morgan fingerprint density at radius 3 is 2.15 bits per heavy atom. The molecule has 10 heteroatoms. The van der Waals surface area contributed by atoms with Crippen LogP contribution in [0.25, 0.3) is 0 Å². The zero-order valence-corrected chi connectivity index (χ0v) is 20.2. The maximum Gasteiger partial charge on any atom is 0.269 e. The van der Waals surface area contributed by atoms with Crippen LogP contribution in [0.1, 0.15) is 28.7 Å². The van der Waals surface area contributed by atoms with E-state index < -0.39 is 14.9 Å². The number of carbonyl (C=O) groups is 1. The molecule has 0 aliphatic carbocycles. The van der Waals surface area contributed by atoms with Crippen LogP contribution in [0.5, 0.6) is 0 Å². The fraction of sp³-hybridized carbons (Fsp3) is 0.435. The molecule has 2 aromatic carbocycles. The number of aryl methyl sites for hydroxylation is 4. The van der Waals surface area contributed by atoms with E-state index in [9.17, 15) is 23.3 Å². The van der Waals surface area contributed by atoms with E-state index >= 15 is 0 Å². The zero-order chi connectivity index (χ0) is 24.3. The lowest BCUT2D eigenvalue weighted by Gasteiger charge is -2.34. The molecular weight excluding hydrogens is 444 g/mol. The number of sulfonamides is 1. The summed E-state index contributed by atoms with van der Waals surface area (Å²) in [6.45, 7) is 9.67. The van der Waals surface area contributed by atoms with Crippen LogP contribution in [0.15, 0.2) is 35.2 Å². The van der Waals surface area contributed by atoms with E-state index in [-0.39, 0.29) is 18.0 Å². The van der Waals surface area contributed by atoms with Crippen LogP contribution in [0.2, 0.25) is 0 Å². The molecule has 1 saturated heterocycles. The van der Waals surface area contributed by atoms with Gasteiger partial charge in [0, 0.05) is 57.0 Å². The predicted molar refractivity (Wildman–Crippen MR) is 127 cm³/mol. The number of anilines is 1. The van der Waals surface area contributed by atoms with Gasteiger partial charge >= 0.3 is 0 Å². The standard InChI is InChI=1S/C23H30N4O5S/c1-16-13-18(3)23(19(4)14-16)33(31,32)26-11-9-25(10-12-26)8-7-22(28)24-21-6-5-20(27(29)30)15-17(21)2/h5-6,13-15H,7-12H2,1-4H3,(H,24,28). The quantitative estimate of drug-likeness (QED) is 0.487. The summed E-state index contributed by atoms with van der Waals surface area (Å²) < 4.78 is 28.0. The number of nitro groups is 1. The molecule has 0 aromatic heterocycles. The summed E-state index contributed by atoms with van der Waals surface area (Å²) in [5.74, 6) is -0.187. The fourth-order valence-corrected chi connectivity index (χ4v) is 6.10. The summed E-state index contributed by atoms with van der Waals surface area (Å²) in [7, 11) is -3.57. The Hall–Kier alpha value is -2.82. The van der Waals surface area contributed by atoms with Crippen LogP contribution >= 0.6 is 0 Å². The van der Waals surface area contributed by atoms with E-state index in [1.54, 1.807) is 6.92 Å². The third-order valence-electron chi connectivity index (χ3n) is 5.88. The molecule has 0 atom stereocenters. The third-order valence-corrected chi connectivity index (χ3v) is 8.09. The largest absolute Gasteiger partial charge is 0.326 e. The second-order valence-corrected chi connectivity index (χ2v) is 10.4. The molecule has 1 N–H and O–H groups in total.